The third-order valence-electron chi connectivity index (χ3n) is 3.22. The highest BCUT2D eigenvalue weighted by Crippen LogP contribution is 2.39. The van der Waals surface area contributed by atoms with Crippen LogP contribution in [0.3, 0.4) is 0 Å². The third-order valence-corrected chi connectivity index (χ3v) is 3.22. The monoisotopic (exact) mass is 208 g/mol. The van der Waals surface area contributed by atoms with Gasteiger partial charge in [-0.2, -0.15) is 0 Å². The van der Waals surface area contributed by atoms with Crippen LogP contribution in [0.15, 0.2) is 23.0 Å². The quantitative estimate of drug-likeness (QED) is 0.776. The molecule has 0 radical (unpaired) electrons. The maximum absolute atomic E-state index is 11.9. The molecule has 1 amide bonds. The van der Waals surface area contributed by atoms with E-state index in [1.807, 2.05) is 6.07 Å². The van der Waals surface area contributed by atoms with E-state index in [4.69, 9.17) is 10.2 Å². The fraction of sp³-hybridized carbons (Fsp3) is 0.545. The SMILES string of the molecule is NCC1(C(=O)NCc2ccoc2)CCC1. The van der Waals surface area contributed by atoms with Crippen molar-refractivity contribution >= 4 is 5.91 Å². The molecule has 0 atom stereocenters. The molecule has 1 aliphatic carbocycles. The van der Waals surface area contributed by atoms with Gasteiger partial charge < -0.3 is 15.5 Å². The topological polar surface area (TPSA) is 68.3 Å². The summed E-state index contributed by atoms with van der Waals surface area (Å²) in [5.41, 5.74) is 6.33. The first-order chi connectivity index (χ1) is 7.27. The van der Waals surface area contributed by atoms with Crippen molar-refractivity contribution in [3.05, 3.63) is 24.2 Å². The second-order valence-electron chi connectivity index (χ2n) is 4.15. The van der Waals surface area contributed by atoms with E-state index in [-0.39, 0.29) is 11.3 Å². The van der Waals surface area contributed by atoms with Crippen molar-refractivity contribution in [2.24, 2.45) is 11.1 Å². The van der Waals surface area contributed by atoms with Crippen LogP contribution in [0.2, 0.25) is 0 Å². The Bertz CT molecular complexity index is 323. The van der Waals surface area contributed by atoms with Gasteiger partial charge in [-0.1, -0.05) is 6.42 Å². The summed E-state index contributed by atoms with van der Waals surface area (Å²) in [5.74, 6) is 0.0810. The van der Waals surface area contributed by atoms with Crippen molar-refractivity contribution in [3.8, 4) is 0 Å². The smallest absolute Gasteiger partial charge is 0.227 e. The van der Waals surface area contributed by atoms with Crippen molar-refractivity contribution < 1.29 is 9.21 Å². The number of nitrogens with one attached hydrogen (secondary N) is 1. The molecule has 0 bridgehead atoms. The average Bonchev–Trinajstić information content (AvgIpc) is 2.66. The van der Waals surface area contributed by atoms with Crippen molar-refractivity contribution in [2.75, 3.05) is 6.54 Å². The number of hydrogen-bond acceptors (Lipinski definition) is 3. The van der Waals surface area contributed by atoms with E-state index in [2.05, 4.69) is 5.32 Å². The molecule has 0 saturated heterocycles. The van der Waals surface area contributed by atoms with Crippen LogP contribution < -0.4 is 11.1 Å². The number of nitrogens with two attached hydrogens (primary N) is 1. The number of hydrogen-bond donors (Lipinski definition) is 2. The number of amides is 1. The van der Waals surface area contributed by atoms with Gasteiger partial charge in [0.15, 0.2) is 0 Å². The van der Waals surface area contributed by atoms with Gasteiger partial charge in [-0.3, -0.25) is 4.79 Å². The van der Waals surface area contributed by atoms with Crippen LogP contribution in [0.1, 0.15) is 24.8 Å². The zero-order chi connectivity index (χ0) is 10.7. The Hall–Kier alpha value is -1.29. The van der Waals surface area contributed by atoms with Gasteiger partial charge in [0.25, 0.3) is 0 Å². The molecule has 1 saturated carbocycles. The van der Waals surface area contributed by atoms with Crippen LogP contribution in [0, 0.1) is 5.41 Å². The second kappa shape index (κ2) is 4.06. The molecular formula is C11H16N2O2. The largest absolute Gasteiger partial charge is 0.472 e. The Balaban J connectivity index is 1.87. The molecule has 0 unspecified atom stereocenters. The lowest BCUT2D eigenvalue weighted by Crippen LogP contribution is -2.50. The number of rotatable bonds is 4. The van der Waals surface area contributed by atoms with Crippen LogP contribution >= 0.6 is 0 Å². The minimum Gasteiger partial charge on any atom is -0.472 e. The van der Waals surface area contributed by atoms with Gasteiger partial charge in [0, 0.05) is 18.7 Å². The fourth-order valence-electron chi connectivity index (χ4n) is 1.89. The molecule has 15 heavy (non-hydrogen) atoms. The predicted molar refractivity (Wildman–Crippen MR) is 55.9 cm³/mol. The van der Waals surface area contributed by atoms with Gasteiger partial charge in [-0.25, -0.2) is 0 Å². The van der Waals surface area contributed by atoms with Crippen molar-refractivity contribution in [1.82, 2.24) is 5.32 Å². The zero-order valence-electron chi connectivity index (χ0n) is 8.66. The summed E-state index contributed by atoms with van der Waals surface area (Å²) in [7, 11) is 0. The van der Waals surface area contributed by atoms with E-state index < -0.39 is 0 Å². The molecule has 4 nitrogen and oxygen atoms in total. The summed E-state index contributed by atoms with van der Waals surface area (Å²) in [5, 5.41) is 2.90. The maximum Gasteiger partial charge on any atom is 0.227 e. The normalized spacial score (nSPS) is 18.2. The molecule has 0 aliphatic heterocycles. The lowest BCUT2D eigenvalue weighted by Gasteiger charge is -2.39. The summed E-state index contributed by atoms with van der Waals surface area (Å²) in [6.07, 6.45) is 6.18. The highest BCUT2D eigenvalue weighted by Gasteiger charge is 2.42. The van der Waals surface area contributed by atoms with Gasteiger partial charge in [0.05, 0.1) is 17.9 Å². The first-order valence-corrected chi connectivity index (χ1v) is 5.26. The molecule has 1 aliphatic rings. The minimum atomic E-state index is -0.288. The first kappa shape index (κ1) is 10.2. The minimum absolute atomic E-state index is 0.0810. The molecule has 1 aromatic heterocycles. The molecule has 4 heteroatoms. The van der Waals surface area contributed by atoms with E-state index in [1.54, 1.807) is 12.5 Å². The standard InChI is InChI=1S/C11H16N2O2/c12-8-11(3-1-4-11)10(14)13-6-9-2-5-15-7-9/h2,5,7H,1,3-4,6,8,12H2,(H,13,14). The summed E-state index contributed by atoms with van der Waals surface area (Å²) in [4.78, 5) is 11.9. The lowest BCUT2D eigenvalue weighted by atomic mass is 9.68. The van der Waals surface area contributed by atoms with Crippen LogP contribution in [0.25, 0.3) is 0 Å². The third kappa shape index (κ3) is 1.90. The predicted octanol–water partition coefficient (Wildman–Crippen LogP) is 1.02. The second-order valence-corrected chi connectivity index (χ2v) is 4.15. The highest BCUT2D eigenvalue weighted by atomic mass is 16.3. The van der Waals surface area contributed by atoms with Crippen LogP contribution in [-0.2, 0) is 11.3 Å². The molecule has 1 fully saturated rings. The van der Waals surface area contributed by atoms with Gasteiger partial charge in [0.1, 0.15) is 0 Å². The van der Waals surface area contributed by atoms with E-state index >= 15 is 0 Å². The molecule has 3 N–H and O–H groups in total. The van der Waals surface area contributed by atoms with Gasteiger partial charge in [-0.15, -0.1) is 0 Å². The zero-order valence-corrected chi connectivity index (χ0v) is 8.66. The van der Waals surface area contributed by atoms with Crippen LogP contribution in [-0.4, -0.2) is 12.5 Å². The summed E-state index contributed by atoms with van der Waals surface area (Å²) < 4.78 is 4.92. The van der Waals surface area contributed by atoms with Crippen molar-refractivity contribution in [2.45, 2.75) is 25.8 Å². The molecular weight excluding hydrogens is 192 g/mol. The highest BCUT2D eigenvalue weighted by molar-refractivity contribution is 5.83. The molecule has 2 rings (SSSR count). The van der Waals surface area contributed by atoms with E-state index in [1.165, 1.54) is 0 Å². The molecule has 1 aromatic rings. The Morgan fingerprint density at radius 1 is 1.60 bits per heavy atom. The molecule has 0 spiro atoms. The number of carbonyl (C=O) groups is 1. The van der Waals surface area contributed by atoms with Gasteiger partial charge >= 0.3 is 0 Å². The lowest BCUT2D eigenvalue weighted by molar-refractivity contribution is -0.135. The molecule has 1 heterocycles. The molecule has 0 aromatic carbocycles. The van der Waals surface area contributed by atoms with Gasteiger partial charge in [-0.05, 0) is 18.9 Å². The maximum atomic E-state index is 11.9. The Kier molecular flexibility index (Phi) is 2.77. The van der Waals surface area contributed by atoms with E-state index in [0.29, 0.717) is 13.1 Å². The van der Waals surface area contributed by atoms with E-state index in [0.717, 1.165) is 24.8 Å². The summed E-state index contributed by atoms with van der Waals surface area (Å²) in [6, 6.07) is 1.84. The van der Waals surface area contributed by atoms with E-state index in [9.17, 15) is 4.79 Å². The summed E-state index contributed by atoms with van der Waals surface area (Å²) >= 11 is 0. The van der Waals surface area contributed by atoms with Crippen molar-refractivity contribution in [3.63, 3.8) is 0 Å². The molecule has 82 valence electrons. The average molecular weight is 208 g/mol. The van der Waals surface area contributed by atoms with Gasteiger partial charge in [0.2, 0.25) is 5.91 Å². The Morgan fingerprint density at radius 2 is 2.40 bits per heavy atom. The van der Waals surface area contributed by atoms with Crippen molar-refractivity contribution in [1.29, 1.82) is 0 Å². The first-order valence-electron chi connectivity index (χ1n) is 5.26. The number of carbonyl (C=O) groups excluding carboxylic acids is 1. The Morgan fingerprint density at radius 3 is 2.87 bits per heavy atom. The van der Waals surface area contributed by atoms with Crippen LogP contribution in [0.5, 0.6) is 0 Å². The number of furan rings is 1. The van der Waals surface area contributed by atoms with Crippen LogP contribution in [0.4, 0.5) is 0 Å². The summed E-state index contributed by atoms with van der Waals surface area (Å²) in [6.45, 7) is 0.974. The Labute approximate surface area is 88.8 Å². The fourth-order valence-corrected chi connectivity index (χ4v) is 1.89.